The molecule has 0 aliphatic carbocycles. The number of anilines is 1. The van der Waals surface area contributed by atoms with Crippen molar-refractivity contribution < 1.29 is 17.9 Å². The van der Waals surface area contributed by atoms with Gasteiger partial charge < -0.3 is 9.64 Å². The fraction of sp³-hybridized carbons (Fsp3) is 0.615. The normalized spacial score (nSPS) is 16.6. The molecule has 1 fully saturated rings. The van der Waals surface area contributed by atoms with E-state index in [0.717, 1.165) is 0 Å². The summed E-state index contributed by atoms with van der Waals surface area (Å²) in [5, 5.41) is 0. The first kappa shape index (κ1) is 17.6. The molecular weight excluding hydrogens is 322 g/mol. The van der Waals surface area contributed by atoms with Crippen LogP contribution in [0.1, 0.15) is 17.3 Å². The lowest BCUT2D eigenvalue weighted by atomic mass is 10.3. The van der Waals surface area contributed by atoms with E-state index >= 15 is 0 Å². The Morgan fingerprint density at radius 2 is 1.78 bits per heavy atom. The Labute approximate surface area is 136 Å². The zero-order valence-electron chi connectivity index (χ0n) is 13.5. The van der Waals surface area contributed by atoms with E-state index in [1.165, 1.54) is 35.1 Å². The first-order valence-corrected chi connectivity index (χ1v) is 8.67. The number of ether oxygens (including phenoxy) is 1. The molecule has 0 spiro atoms. The molecule has 0 amide bonds. The van der Waals surface area contributed by atoms with Crippen LogP contribution >= 0.6 is 0 Å². The Balaban J connectivity index is 1.99. The molecule has 1 aliphatic rings. The Morgan fingerprint density at radius 1 is 1.22 bits per heavy atom. The summed E-state index contributed by atoms with van der Waals surface area (Å²) in [5.74, 6) is 0.0147. The maximum atomic E-state index is 12.1. The van der Waals surface area contributed by atoms with E-state index < -0.39 is 16.2 Å². The summed E-state index contributed by atoms with van der Waals surface area (Å²) in [6.45, 7) is 3.74. The summed E-state index contributed by atoms with van der Waals surface area (Å²) in [7, 11) is -0.366. The van der Waals surface area contributed by atoms with Crippen molar-refractivity contribution >= 4 is 22.1 Å². The molecule has 23 heavy (non-hydrogen) atoms. The molecule has 0 saturated carbocycles. The molecule has 1 aromatic heterocycles. The van der Waals surface area contributed by atoms with Gasteiger partial charge in [0.05, 0.1) is 12.2 Å². The predicted molar refractivity (Wildman–Crippen MR) is 84.4 cm³/mol. The molecule has 0 radical (unpaired) electrons. The highest BCUT2D eigenvalue weighted by Gasteiger charge is 2.29. The number of hydrogen-bond acceptors (Lipinski definition) is 7. The molecule has 128 valence electrons. The lowest BCUT2D eigenvalue weighted by Crippen LogP contribution is -2.52. The standard InChI is InChI=1S/C13H21N5O4S/c1-4-22-12(19)11-9-14-13(15-10-11)17-5-7-18(8-6-17)23(20,21)16(2)3/h9-10H,4-8H2,1-3H3. The SMILES string of the molecule is CCOC(=O)c1cnc(N2CCN(S(=O)(=O)N(C)C)CC2)nc1. The van der Waals surface area contributed by atoms with Gasteiger partial charge in [0.1, 0.15) is 0 Å². The van der Waals surface area contributed by atoms with Crippen molar-refractivity contribution in [2.24, 2.45) is 0 Å². The topological polar surface area (TPSA) is 95.9 Å². The molecule has 2 heterocycles. The minimum Gasteiger partial charge on any atom is -0.462 e. The molecule has 10 heteroatoms. The molecule has 0 atom stereocenters. The van der Waals surface area contributed by atoms with Gasteiger partial charge in [0.15, 0.2) is 0 Å². The largest absolute Gasteiger partial charge is 0.462 e. The van der Waals surface area contributed by atoms with Gasteiger partial charge in [-0.2, -0.15) is 17.0 Å². The zero-order valence-corrected chi connectivity index (χ0v) is 14.3. The second kappa shape index (κ2) is 7.20. The molecule has 2 rings (SSSR count). The van der Waals surface area contributed by atoms with E-state index in [-0.39, 0.29) is 0 Å². The molecule has 1 aliphatic heterocycles. The Morgan fingerprint density at radius 3 is 2.26 bits per heavy atom. The second-order valence-corrected chi connectivity index (χ2v) is 7.31. The Bertz CT molecular complexity index is 639. The van der Waals surface area contributed by atoms with Gasteiger partial charge in [-0.1, -0.05) is 0 Å². The average Bonchev–Trinajstić information content (AvgIpc) is 2.55. The van der Waals surface area contributed by atoms with E-state index in [4.69, 9.17) is 4.74 Å². The van der Waals surface area contributed by atoms with Crippen molar-refractivity contribution in [3.8, 4) is 0 Å². The fourth-order valence-electron chi connectivity index (χ4n) is 2.15. The van der Waals surface area contributed by atoms with Gasteiger partial charge in [-0.25, -0.2) is 14.8 Å². The fourth-order valence-corrected chi connectivity index (χ4v) is 3.24. The molecule has 1 saturated heterocycles. The first-order valence-electron chi connectivity index (χ1n) is 7.28. The van der Waals surface area contributed by atoms with Crippen LogP contribution in [0.3, 0.4) is 0 Å². The van der Waals surface area contributed by atoms with Gasteiger partial charge >= 0.3 is 5.97 Å². The smallest absolute Gasteiger partial charge is 0.341 e. The van der Waals surface area contributed by atoms with Crippen molar-refractivity contribution in [2.45, 2.75) is 6.92 Å². The summed E-state index contributed by atoms with van der Waals surface area (Å²) >= 11 is 0. The maximum Gasteiger partial charge on any atom is 0.341 e. The van der Waals surface area contributed by atoms with Crippen LogP contribution in [-0.2, 0) is 14.9 Å². The van der Waals surface area contributed by atoms with Crippen LogP contribution in [0.2, 0.25) is 0 Å². The second-order valence-electron chi connectivity index (χ2n) is 5.17. The minimum atomic E-state index is -3.39. The van der Waals surface area contributed by atoms with Gasteiger partial charge in [-0.3, -0.25) is 0 Å². The predicted octanol–water partition coefficient (Wildman–Crippen LogP) is -0.418. The van der Waals surface area contributed by atoms with E-state index in [1.807, 2.05) is 4.90 Å². The molecule has 0 bridgehead atoms. The third-order valence-corrected chi connectivity index (χ3v) is 5.40. The van der Waals surface area contributed by atoms with Gasteiger partial charge in [-0.15, -0.1) is 0 Å². The number of carbonyl (C=O) groups is 1. The number of hydrogen-bond donors (Lipinski definition) is 0. The first-order chi connectivity index (χ1) is 10.9. The van der Waals surface area contributed by atoms with Gasteiger partial charge in [0, 0.05) is 52.7 Å². The monoisotopic (exact) mass is 343 g/mol. The van der Waals surface area contributed by atoms with E-state index in [9.17, 15) is 13.2 Å². The molecule has 9 nitrogen and oxygen atoms in total. The Hall–Kier alpha value is -1.78. The van der Waals surface area contributed by atoms with Crippen LogP contribution in [0.15, 0.2) is 12.4 Å². The van der Waals surface area contributed by atoms with Crippen molar-refractivity contribution in [1.29, 1.82) is 0 Å². The highest BCUT2D eigenvalue weighted by Crippen LogP contribution is 2.14. The lowest BCUT2D eigenvalue weighted by Gasteiger charge is -2.35. The van der Waals surface area contributed by atoms with E-state index in [2.05, 4.69) is 9.97 Å². The number of nitrogens with zero attached hydrogens (tertiary/aromatic N) is 5. The van der Waals surface area contributed by atoms with Crippen molar-refractivity contribution in [1.82, 2.24) is 18.6 Å². The molecular formula is C13H21N5O4S. The third kappa shape index (κ3) is 3.95. The van der Waals surface area contributed by atoms with Crippen LogP contribution in [-0.4, -0.2) is 79.8 Å². The third-order valence-electron chi connectivity index (χ3n) is 3.46. The van der Waals surface area contributed by atoms with Crippen LogP contribution in [0.5, 0.6) is 0 Å². The summed E-state index contributed by atoms with van der Waals surface area (Å²) < 4.78 is 31.6. The van der Waals surface area contributed by atoms with Gasteiger partial charge in [0.2, 0.25) is 5.95 Å². The number of aromatic nitrogens is 2. The summed E-state index contributed by atoms with van der Waals surface area (Å²) in [4.78, 5) is 21.8. The van der Waals surface area contributed by atoms with Crippen LogP contribution in [0, 0.1) is 0 Å². The molecule has 0 unspecified atom stereocenters. The molecule has 1 aromatic rings. The van der Waals surface area contributed by atoms with Crippen LogP contribution < -0.4 is 4.90 Å². The number of rotatable bonds is 5. The average molecular weight is 343 g/mol. The van der Waals surface area contributed by atoms with E-state index in [1.54, 1.807) is 6.92 Å². The van der Waals surface area contributed by atoms with Gasteiger partial charge in [0.25, 0.3) is 10.2 Å². The van der Waals surface area contributed by atoms with Gasteiger partial charge in [-0.05, 0) is 6.92 Å². The quantitative estimate of drug-likeness (QED) is 0.670. The number of esters is 1. The zero-order chi connectivity index (χ0) is 17.0. The highest BCUT2D eigenvalue weighted by atomic mass is 32.2. The van der Waals surface area contributed by atoms with E-state index in [0.29, 0.717) is 44.3 Å². The minimum absolute atomic E-state index is 0.295. The van der Waals surface area contributed by atoms with Crippen molar-refractivity contribution in [3.05, 3.63) is 18.0 Å². The van der Waals surface area contributed by atoms with Crippen LogP contribution in [0.25, 0.3) is 0 Å². The number of piperazine rings is 1. The molecule has 0 N–H and O–H groups in total. The van der Waals surface area contributed by atoms with Crippen molar-refractivity contribution in [3.63, 3.8) is 0 Å². The lowest BCUT2D eigenvalue weighted by molar-refractivity contribution is 0.0525. The maximum absolute atomic E-state index is 12.1. The summed E-state index contributed by atoms with van der Waals surface area (Å²) in [5.41, 5.74) is 0.296. The van der Waals surface area contributed by atoms with Crippen molar-refractivity contribution in [2.75, 3.05) is 51.8 Å². The highest BCUT2D eigenvalue weighted by molar-refractivity contribution is 7.86. The van der Waals surface area contributed by atoms with Crippen LogP contribution in [0.4, 0.5) is 5.95 Å². The summed E-state index contributed by atoms with van der Waals surface area (Å²) in [6.07, 6.45) is 2.84. The number of carbonyl (C=O) groups excluding carboxylic acids is 1. The molecule has 0 aromatic carbocycles. The Kier molecular flexibility index (Phi) is 5.50. The summed E-state index contributed by atoms with van der Waals surface area (Å²) in [6, 6.07) is 0.